The zero-order valence-corrected chi connectivity index (χ0v) is 11.7. The van der Waals surface area contributed by atoms with E-state index in [0.717, 1.165) is 0 Å². The first kappa shape index (κ1) is 16.1. The number of piperidine rings is 1. The van der Waals surface area contributed by atoms with Gasteiger partial charge in [-0.3, -0.25) is 0 Å². The average molecular weight is 282 g/mol. The van der Waals surface area contributed by atoms with E-state index in [1.807, 2.05) is 0 Å². The molecule has 19 heavy (non-hydrogen) atoms. The summed E-state index contributed by atoms with van der Waals surface area (Å²) < 4.78 is 43.2. The van der Waals surface area contributed by atoms with Crippen LogP contribution in [0.1, 0.15) is 27.2 Å². The first-order chi connectivity index (χ1) is 8.50. The first-order valence-electron chi connectivity index (χ1n) is 6.24. The van der Waals surface area contributed by atoms with Crippen molar-refractivity contribution in [3.05, 3.63) is 0 Å². The van der Waals surface area contributed by atoms with Gasteiger partial charge >= 0.3 is 12.3 Å². The van der Waals surface area contributed by atoms with Gasteiger partial charge in [0.15, 0.2) is 0 Å². The van der Waals surface area contributed by atoms with Crippen molar-refractivity contribution in [1.82, 2.24) is 10.2 Å². The molecule has 1 heterocycles. The van der Waals surface area contributed by atoms with Crippen LogP contribution in [0.15, 0.2) is 0 Å². The molecule has 1 N–H and O–H groups in total. The molecule has 0 radical (unpaired) electrons. The van der Waals surface area contributed by atoms with Crippen molar-refractivity contribution in [2.75, 3.05) is 20.1 Å². The van der Waals surface area contributed by atoms with Crippen LogP contribution < -0.4 is 5.32 Å². The number of nitrogens with zero attached hydrogens (tertiary/aromatic N) is 1. The molecule has 1 aliphatic rings. The van der Waals surface area contributed by atoms with Gasteiger partial charge in [0.2, 0.25) is 0 Å². The van der Waals surface area contributed by atoms with Gasteiger partial charge in [-0.2, -0.15) is 13.2 Å². The van der Waals surface area contributed by atoms with Crippen LogP contribution >= 0.6 is 0 Å². The lowest BCUT2D eigenvalue weighted by atomic mass is 9.94. The van der Waals surface area contributed by atoms with E-state index < -0.39 is 29.8 Å². The van der Waals surface area contributed by atoms with Gasteiger partial charge in [-0.05, 0) is 27.2 Å². The molecule has 0 aromatic carbocycles. The highest BCUT2D eigenvalue weighted by atomic mass is 19.4. The number of hydrogen-bond donors (Lipinski definition) is 1. The molecule has 0 bridgehead atoms. The molecular weight excluding hydrogens is 261 g/mol. The standard InChI is InChI=1S/C12H21F3N2O2/c1-11(2,3)19-10(18)17(4)9-5-8(6-16-7-9)12(13,14)15/h8-9,16H,5-7H2,1-4H3/t8-,9+/m0/s1. The molecule has 0 aromatic heterocycles. The van der Waals surface area contributed by atoms with Crippen LogP contribution in [0.2, 0.25) is 0 Å². The van der Waals surface area contributed by atoms with E-state index in [-0.39, 0.29) is 13.0 Å². The van der Waals surface area contributed by atoms with Gasteiger partial charge in [0.1, 0.15) is 5.60 Å². The molecular formula is C12H21F3N2O2. The van der Waals surface area contributed by atoms with Gasteiger partial charge in [0.05, 0.1) is 5.92 Å². The van der Waals surface area contributed by atoms with Gasteiger partial charge in [-0.1, -0.05) is 0 Å². The zero-order chi connectivity index (χ0) is 14.8. The molecule has 0 aromatic rings. The molecule has 1 saturated heterocycles. The largest absolute Gasteiger partial charge is 0.444 e. The van der Waals surface area contributed by atoms with E-state index in [9.17, 15) is 18.0 Å². The lowest BCUT2D eigenvalue weighted by Gasteiger charge is -2.37. The van der Waals surface area contributed by atoms with Gasteiger partial charge in [-0.25, -0.2) is 4.79 Å². The Morgan fingerprint density at radius 2 is 1.84 bits per heavy atom. The second kappa shape index (κ2) is 5.56. The second-order valence-electron chi connectivity index (χ2n) is 5.88. The van der Waals surface area contributed by atoms with Crippen LogP contribution in [-0.4, -0.2) is 48.9 Å². The first-order valence-corrected chi connectivity index (χ1v) is 6.24. The topological polar surface area (TPSA) is 41.6 Å². The molecule has 0 unspecified atom stereocenters. The highest BCUT2D eigenvalue weighted by molar-refractivity contribution is 5.68. The van der Waals surface area contributed by atoms with Gasteiger partial charge in [0, 0.05) is 26.2 Å². The Bertz CT molecular complexity index is 326. The van der Waals surface area contributed by atoms with Crippen LogP contribution in [0.25, 0.3) is 0 Å². The van der Waals surface area contributed by atoms with Crippen molar-refractivity contribution < 1.29 is 22.7 Å². The number of hydrogen-bond acceptors (Lipinski definition) is 3. The van der Waals surface area contributed by atoms with E-state index in [1.165, 1.54) is 11.9 Å². The Kier molecular flexibility index (Phi) is 4.71. The van der Waals surface area contributed by atoms with Crippen molar-refractivity contribution in [3.63, 3.8) is 0 Å². The Hall–Kier alpha value is -0.980. The number of halogens is 3. The van der Waals surface area contributed by atoms with Gasteiger partial charge in [-0.15, -0.1) is 0 Å². The summed E-state index contributed by atoms with van der Waals surface area (Å²) in [7, 11) is 1.47. The minimum Gasteiger partial charge on any atom is -0.444 e. The molecule has 2 atom stereocenters. The molecule has 4 nitrogen and oxygen atoms in total. The number of amides is 1. The lowest BCUT2D eigenvalue weighted by molar-refractivity contribution is -0.182. The van der Waals surface area contributed by atoms with Crippen LogP contribution in [0.5, 0.6) is 0 Å². The van der Waals surface area contributed by atoms with Gasteiger partial charge < -0.3 is 15.0 Å². The summed E-state index contributed by atoms with van der Waals surface area (Å²) in [6.07, 6.45) is -4.92. The van der Waals surface area contributed by atoms with Crippen molar-refractivity contribution in [2.24, 2.45) is 5.92 Å². The highest BCUT2D eigenvalue weighted by Crippen LogP contribution is 2.32. The molecule has 1 fully saturated rings. The maximum absolute atomic E-state index is 12.7. The predicted octanol–water partition coefficient (Wildman–Crippen LogP) is 2.39. The fourth-order valence-corrected chi connectivity index (χ4v) is 1.95. The van der Waals surface area contributed by atoms with Crippen LogP contribution in [-0.2, 0) is 4.74 Å². The van der Waals surface area contributed by atoms with E-state index in [1.54, 1.807) is 20.8 Å². The fraction of sp³-hybridized carbons (Fsp3) is 0.917. The van der Waals surface area contributed by atoms with E-state index in [0.29, 0.717) is 6.54 Å². The number of likely N-dealkylation sites (N-methyl/N-ethyl adjacent to an activating group) is 1. The normalized spacial score (nSPS) is 25.0. The number of nitrogens with one attached hydrogen (secondary N) is 1. The third-order valence-electron chi connectivity index (χ3n) is 3.02. The molecule has 1 aliphatic heterocycles. The summed E-state index contributed by atoms with van der Waals surface area (Å²) in [5.74, 6) is -1.42. The van der Waals surface area contributed by atoms with Crippen LogP contribution in [0.4, 0.5) is 18.0 Å². The predicted molar refractivity (Wildman–Crippen MR) is 64.8 cm³/mol. The number of rotatable bonds is 1. The molecule has 0 spiro atoms. The maximum Gasteiger partial charge on any atom is 0.410 e. The molecule has 0 saturated carbocycles. The van der Waals surface area contributed by atoms with E-state index in [2.05, 4.69) is 5.32 Å². The smallest absolute Gasteiger partial charge is 0.410 e. The molecule has 7 heteroatoms. The fourth-order valence-electron chi connectivity index (χ4n) is 1.95. The van der Waals surface area contributed by atoms with Crippen LogP contribution in [0.3, 0.4) is 0 Å². The molecule has 1 amide bonds. The van der Waals surface area contributed by atoms with E-state index >= 15 is 0 Å². The summed E-state index contributed by atoms with van der Waals surface area (Å²) in [6, 6.07) is -0.504. The number of carbonyl (C=O) groups is 1. The maximum atomic E-state index is 12.7. The average Bonchev–Trinajstić information content (AvgIpc) is 2.24. The summed E-state index contributed by atoms with van der Waals surface area (Å²) in [5.41, 5.74) is -0.656. The zero-order valence-electron chi connectivity index (χ0n) is 11.7. The van der Waals surface area contributed by atoms with Crippen molar-refractivity contribution in [1.29, 1.82) is 0 Å². The van der Waals surface area contributed by atoms with Crippen molar-refractivity contribution in [2.45, 2.75) is 45.0 Å². The lowest BCUT2D eigenvalue weighted by Crippen LogP contribution is -2.53. The quantitative estimate of drug-likeness (QED) is 0.803. The Morgan fingerprint density at radius 1 is 1.26 bits per heavy atom. The summed E-state index contributed by atoms with van der Waals surface area (Å²) >= 11 is 0. The highest BCUT2D eigenvalue weighted by Gasteiger charge is 2.43. The molecule has 1 rings (SSSR count). The summed E-state index contributed by atoms with van der Waals surface area (Å²) in [6.45, 7) is 5.41. The van der Waals surface area contributed by atoms with Gasteiger partial charge in [0.25, 0.3) is 0 Å². The minimum absolute atomic E-state index is 0.0910. The monoisotopic (exact) mass is 282 g/mol. The van der Waals surface area contributed by atoms with Crippen molar-refractivity contribution >= 4 is 6.09 Å². The minimum atomic E-state index is -4.24. The number of alkyl halides is 3. The molecule has 112 valence electrons. The third-order valence-corrected chi connectivity index (χ3v) is 3.02. The van der Waals surface area contributed by atoms with Crippen molar-refractivity contribution in [3.8, 4) is 0 Å². The van der Waals surface area contributed by atoms with Crippen LogP contribution in [0, 0.1) is 5.92 Å². The SMILES string of the molecule is CN(C(=O)OC(C)(C)C)[C@H]1CNC[C@@H](C(F)(F)F)C1. The number of carbonyl (C=O) groups excluding carboxylic acids is 1. The Morgan fingerprint density at radius 3 is 2.32 bits per heavy atom. The van der Waals surface area contributed by atoms with E-state index in [4.69, 9.17) is 4.74 Å². The third kappa shape index (κ3) is 4.89. The Labute approximate surface area is 111 Å². The number of ether oxygens (including phenoxy) is 1. The summed E-state index contributed by atoms with van der Waals surface area (Å²) in [4.78, 5) is 13.1. The molecule has 0 aliphatic carbocycles. The summed E-state index contributed by atoms with van der Waals surface area (Å²) in [5, 5.41) is 2.72. The Balaban J connectivity index is 2.62. The second-order valence-corrected chi connectivity index (χ2v) is 5.88.